The van der Waals surface area contributed by atoms with Gasteiger partial charge in [0.2, 0.25) is 0 Å². The summed E-state index contributed by atoms with van der Waals surface area (Å²) in [4.78, 5) is 0. The summed E-state index contributed by atoms with van der Waals surface area (Å²) in [7, 11) is 0. The lowest BCUT2D eigenvalue weighted by Crippen LogP contribution is -1.86. The summed E-state index contributed by atoms with van der Waals surface area (Å²) in [5, 5.41) is 18.5. The number of benzene rings is 2. The van der Waals surface area contributed by atoms with Gasteiger partial charge in [0.15, 0.2) is 0 Å². The average Bonchev–Trinajstić information content (AvgIpc) is 2.32. The maximum atomic E-state index is 13.1. The molecule has 0 aromatic heterocycles. The number of nitriles is 1. The van der Waals surface area contributed by atoms with E-state index in [4.69, 9.17) is 5.26 Å². The highest BCUT2D eigenvalue weighted by molar-refractivity contribution is 5.75. The first-order valence-corrected chi connectivity index (χ1v) is 4.70. The number of hydrogen-bond donors (Lipinski definition) is 1. The van der Waals surface area contributed by atoms with Gasteiger partial charge in [-0.1, -0.05) is 18.2 Å². The van der Waals surface area contributed by atoms with Gasteiger partial charge >= 0.3 is 0 Å². The van der Waals surface area contributed by atoms with Gasteiger partial charge in [-0.3, -0.25) is 0 Å². The zero-order valence-electron chi connectivity index (χ0n) is 8.31. The van der Waals surface area contributed by atoms with Crippen LogP contribution in [0.1, 0.15) is 5.56 Å². The van der Waals surface area contributed by atoms with Crippen LogP contribution in [0.4, 0.5) is 4.39 Å². The molecule has 0 amide bonds. The van der Waals surface area contributed by atoms with Gasteiger partial charge in [-0.25, -0.2) is 4.39 Å². The molecule has 2 rings (SSSR count). The molecule has 0 radical (unpaired) electrons. The van der Waals surface area contributed by atoms with E-state index in [9.17, 15) is 9.50 Å². The van der Waals surface area contributed by atoms with E-state index >= 15 is 0 Å². The zero-order valence-corrected chi connectivity index (χ0v) is 8.31. The third-order valence-electron chi connectivity index (χ3n) is 2.30. The molecule has 0 spiro atoms. The first-order chi connectivity index (χ1) is 7.72. The van der Waals surface area contributed by atoms with Crippen LogP contribution in [-0.2, 0) is 0 Å². The van der Waals surface area contributed by atoms with Gasteiger partial charge < -0.3 is 5.11 Å². The van der Waals surface area contributed by atoms with Crippen LogP contribution < -0.4 is 0 Å². The molecule has 0 atom stereocenters. The Morgan fingerprint density at radius 2 is 1.81 bits per heavy atom. The summed E-state index contributed by atoms with van der Waals surface area (Å²) in [5.74, 6) is -0.482. The summed E-state index contributed by atoms with van der Waals surface area (Å²) in [5.41, 5.74) is 1.27. The third-order valence-corrected chi connectivity index (χ3v) is 2.30. The molecule has 0 bridgehead atoms. The smallest absolute Gasteiger partial charge is 0.124 e. The maximum absolute atomic E-state index is 13.1. The molecule has 1 N–H and O–H groups in total. The fourth-order valence-electron chi connectivity index (χ4n) is 1.54. The fourth-order valence-corrected chi connectivity index (χ4v) is 1.54. The second-order valence-corrected chi connectivity index (χ2v) is 3.32. The number of rotatable bonds is 1. The lowest BCUT2D eigenvalue weighted by atomic mass is 9.99. The molecule has 0 aliphatic rings. The number of aromatic hydroxyl groups is 1. The molecular formula is C13H8FNO. The van der Waals surface area contributed by atoms with Gasteiger partial charge in [0.25, 0.3) is 0 Å². The Morgan fingerprint density at radius 1 is 1.06 bits per heavy atom. The average molecular weight is 213 g/mol. The molecule has 78 valence electrons. The molecule has 2 aromatic carbocycles. The van der Waals surface area contributed by atoms with Crippen LogP contribution in [0.15, 0.2) is 42.5 Å². The van der Waals surface area contributed by atoms with Crippen molar-refractivity contribution in [2.45, 2.75) is 0 Å². The summed E-state index contributed by atoms with van der Waals surface area (Å²) in [6.45, 7) is 0. The number of phenols is 1. The van der Waals surface area contributed by atoms with E-state index in [1.165, 1.54) is 18.2 Å². The fraction of sp³-hybridized carbons (Fsp3) is 0. The predicted octanol–water partition coefficient (Wildman–Crippen LogP) is 3.07. The van der Waals surface area contributed by atoms with E-state index in [-0.39, 0.29) is 5.75 Å². The Bertz CT molecular complexity index is 572. The summed E-state index contributed by atoms with van der Waals surface area (Å²) in [6.07, 6.45) is 0. The highest BCUT2D eigenvalue weighted by Gasteiger charge is 2.09. The summed E-state index contributed by atoms with van der Waals surface area (Å²) in [6, 6.07) is 12.4. The van der Waals surface area contributed by atoms with Gasteiger partial charge in [-0.05, 0) is 24.3 Å². The largest absolute Gasteiger partial charge is 0.507 e. The Kier molecular flexibility index (Phi) is 2.57. The van der Waals surface area contributed by atoms with Gasteiger partial charge in [-0.2, -0.15) is 5.26 Å². The summed E-state index contributed by atoms with van der Waals surface area (Å²) < 4.78 is 13.1. The van der Waals surface area contributed by atoms with Gasteiger partial charge in [-0.15, -0.1) is 0 Å². The molecule has 3 heteroatoms. The first kappa shape index (κ1) is 10.2. The molecule has 16 heavy (non-hydrogen) atoms. The highest BCUT2D eigenvalue weighted by atomic mass is 19.1. The van der Waals surface area contributed by atoms with Crippen LogP contribution in [0.2, 0.25) is 0 Å². The number of hydrogen-bond acceptors (Lipinski definition) is 2. The van der Waals surface area contributed by atoms with Crippen molar-refractivity contribution in [3.05, 3.63) is 53.8 Å². The van der Waals surface area contributed by atoms with Crippen LogP contribution in [0.5, 0.6) is 5.75 Å². The molecule has 0 aliphatic heterocycles. The van der Waals surface area contributed by atoms with Crippen LogP contribution in [-0.4, -0.2) is 5.11 Å². The van der Waals surface area contributed by atoms with E-state index in [1.54, 1.807) is 24.3 Å². The third kappa shape index (κ3) is 1.73. The van der Waals surface area contributed by atoms with E-state index in [0.29, 0.717) is 16.7 Å². The van der Waals surface area contributed by atoms with Crippen LogP contribution in [0.25, 0.3) is 11.1 Å². The van der Waals surface area contributed by atoms with Crippen molar-refractivity contribution in [1.29, 1.82) is 5.26 Å². The number of nitrogens with zero attached hydrogens (tertiary/aromatic N) is 1. The molecule has 0 saturated heterocycles. The van der Waals surface area contributed by atoms with Gasteiger partial charge in [0.05, 0.1) is 11.6 Å². The number of phenolic OH excluding ortho intramolecular Hbond substituents is 1. The Labute approximate surface area is 92.2 Å². The van der Waals surface area contributed by atoms with E-state index in [0.717, 1.165) is 0 Å². The molecule has 0 heterocycles. The minimum atomic E-state index is -0.444. The monoisotopic (exact) mass is 213 g/mol. The van der Waals surface area contributed by atoms with Crippen molar-refractivity contribution in [2.75, 3.05) is 0 Å². The van der Waals surface area contributed by atoms with Crippen LogP contribution in [0, 0.1) is 17.1 Å². The van der Waals surface area contributed by atoms with Crippen LogP contribution >= 0.6 is 0 Å². The lowest BCUT2D eigenvalue weighted by Gasteiger charge is -2.06. The molecule has 0 unspecified atom stereocenters. The quantitative estimate of drug-likeness (QED) is 0.791. The zero-order chi connectivity index (χ0) is 11.5. The molecule has 0 fully saturated rings. The molecule has 2 nitrogen and oxygen atoms in total. The van der Waals surface area contributed by atoms with Crippen molar-refractivity contribution in [1.82, 2.24) is 0 Å². The van der Waals surface area contributed by atoms with E-state index in [2.05, 4.69) is 0 Å². The Morgan fingerprint density at radius 3 is 2.56 bits per heavy atom. The van der Waals surface area contributed by atoms with Crippen molar-refractivity contribution in [3.63, 3.8) is 0 Å². The number of halogens is 1. The van der Waals surface area contributed by atoms with Crippen molar-refractivity contribution >= 4 is 0 Å². The minimum absolute atomic E-state index is 0.0379. The Hall–Kier alpha value is -2.34. The van der Waals surface area contributed by atoms with E-state index in [1.807, 2.05) is 6.07 Å². The van der Waals surface area contributed by atoms with Crippen LogP contribution in [0.3, 0.4) is 0 Å². The topological polar surface area (TPSA) is 44.0 Å². The molecule has 0 aliphatic carbocycles. The van der Waals surface area contributed by atoms with Crippen molar-refractivity contribution < 1.29 is 9.50 Å². The lowest BCUT2D eigenvalue weighted by molar-refractivity contribution is 0.475. The Balaban J connectivity index is 2.68. The first-order valence-electron chi connectivity index (χ1n) is 4.70. The molecular weight excluding hydrogens is 205 g/mol. The second kappa shape index (κ2) is 4.03. The van der Waals surface area contributed by atoms with Crippen molar-refractivity contribution in [3.8, 4) is 22.9 Å². The van der Waals surface area contributed by atoms with Crippen molar-refractivity contribution in [2.24, 2.45) is 0 Å². The standard InChI is InChI=1S/C13H8FNO/c14-10-5-6-13(16)12(7-10)11-4-2-1-3-9(11)8-15/h1-7,16H. The van der Waals surface area contributed by atoms with Gasteiger partial charge in [0, 0.05) is 11.1 Å². The predicted molar refractivity (Wildman–Crippen MR) is 58.2 cm³/mol. The second-order valence-electron chi connectivity index (χ2n) is 3.32. The normalized spacial score (nSPS) is 9.75. The minimum Gasteiger partial charge on any atom is -0.507 e. The van der Waals surface area contributed by atoms with Gasteiger partial charge in [0.1, 0.15) is 11.6 Å². The maximum Gasteiger partial charge on any atom is 0.124 e. The molecule has 0 saturated carbocycles. The van der Waals surface area contributed by atoms with E-state index < -0.39 is 5.82 Å². The summed E-state index contributed by atoms with van der Waals surface area (Å²) >= 11 is 0. The highest BCUT2D eigenvalue weighted by Crippen LogP contribution is 2.31. The molecule has 2 aromatic rings. The SMILES string of the molecule is N#Cc1ccccc1-c1cc(F)ccc1O.